The monoisotopic (exact) mass is 253 g/mol. The number of nitro benzene ring substituents is 1. The predicted molar refractivity (Wildman–Crippen MR) is 66.3 cm³/mol. The summed E-state index contributed by atoms with van der Waals surface area (Å²) in [6.07, 6.45) is 0.0328. The molecule has 0 atom stereocenters. The van der Waals surface area contributed by atoms with Crippen LogP contribution in [0.5, 0.6) is 5.75 Å². The van der Waals surface area contributed by atoms with E-state index in [9.17, 15) is 14.9 Å². The van der Waals surface area contributed by atoms with E-state index in [-0.39, 0.29) is 23.5 Å². The van der Waals surface area contributed by atoms with Gasteiger partial charge in [0, 0.05) is 12.0 Å². The smallest absolute Gasteiger partial charge is 0.296 e. The van der Waals surface area contributed by atoms with Gasteiger partial charge in [0.1, 0.15) is 11.4 Å². The van der Waals surface area contributed by atoms with Crippen LogP contribution in [0.15, 0.2) is 18.2 Å². The summed E-state index contributed by atoms with van der Waals surface area (Å²) >= 11 is 0. The molecule has 0 aliphatic rings. The summed E-state index contributed by atoms with van der Waals surface area (Å²) in [4.78, 5) is 21.7. The van der Waals surface area contributed by atoms with Gasteiger partial charge < -0.3 is 16.2 Å². The third-order valence-corrected chi connectivity index (χ3v) is 2.07. The number of anilines is 1. The number of carbonyl (C=O) groups is 1. The lowest BCUT2D eigenvalue weighted by atomic mass is 10.0. The Labute approximate surface area is 104 Å². The number of nitrogens with one attached hydrogen (secondary N) is 1. The Morgan fingerprint density at radius 3 is 2.67 bits per heavy atom. The number of hydrogen-bond acceptors (Lipinski definition) is 5. The second-order valence-corrected chi connectivity index (χ2v) is 4.67. The van der Waals surface area contributed by atoms with Crippen molar-refractivity contribution in [2.75, 3.05) is 5.32 Å². The minimum Gasteiger partial charge on any atom is -0.508 e. The Balaban J connectivity index is 2.91. The first-order valence-corrected chi connectivity index (χ1v) is 5.25. The second-order valence-electron chi connectivity index (χ2n) is 4.67. The molecule has 4 N–H and O–H groups in total. The molecule has 0 radical (unpaired) electrons. The Bertz CT molecular complexity index is 480. The highest BCUT2D eigenvalue weighted by Crippen LogP contribution is 2.28. The van der Waals surface area contributed by atoms with E-state index >= 15 is 0 Å². The van der Waals surface area contributed by atoms with Gasteiger partial charge in [-0.15, -0.1) is 0 Å². The summed E-state index contributed by atoms with van der Waals surface area (Å²) in [5, 5.41) is 22.3. The topological polar surface area (TPSA) is 118 Å². The first-order chi connectivity index (χ1) is 8.19. The molecule has 7 nitrogen and oxygen atoms in total. The van der Waals surface area contributed by atoms with E-state index in [1.807, 2.05) is 0 Å². The maximum absolute atomic E-state index is 11.6. The van der Waals surface area contributed by atoms with Crippen molar-refractivity contribution in [3.63, 3.8) is 0 Å². The SMILES string of the molecule is CC(C)(N)CC(=O)Nc1ccc(O)cc1[N+](=O)[O-]. The number of nitro groups is 1. The fourth-order valence-electron chi connectivity index (χ4n) is 1.38. The van der Waals surface area contributed by atoms with Gasteiger partial charge in [-0.3, -0.25) is 14.9 Å². The summed E-state index contributed by atoms with van der Waals surface area (Å²) in [5.41, 5.74) is 4.65. The van der Waals surface area contributed by atoms with Gasteiger partial charge in [-0.2, -0.15) is 0 Å². The van der Waals surface area contributed by atoms with Crippen LogP contribution in [0.1, 0.15) is 20.3 Å². The molecule has 1 aromatic carbocycles. The van der Waals surface area contributed by atoms with Crippen LogP contribution in [0.2, 0.25) is 0 Å². The average molecular weight is 253 g/mol. The van der Waals surface area contributed by atoms with Crippen LogP contribution in [0, 0.1) is 10.1 Å². The number of phenols is 1. The van der Waals surface area contributed by atoms with Gasteiger partial charge >= 0.3 is 0 Å². The molecule has 1 rings (SSSR count). The molecule has 0 aromatic heterocycles. The number of nitrogens with two attached hydrogens (primary N) is 1. The molecular weight excluding hydrogens is 238 g/mol. The van der Waals surface area contributed by atoms with Gasteiger partial charge in [-0.25, -0.2) is 0 Å². The number of benzene rings is 1. The summed E-state index contributed by atoms with van der Waals surface area (Å²) in [6.45, 7) is 3.36. The molecule has 0 heterocycles. The average Bonchev–Trinajstić information content (AvgIpc) is 2.17. The highest BCUT2D eigenvalue weighted by molar-refractivity contribution is 5.93. The molecule has 0 saturated heterocycles. The molecule has 98 valence electrons. The molecule has 0 bridgehead atoms. The van der Waals surface area contributed by atoms with Crippen molar-refractivity contribution in [3.8, 4) is 5.75 Å². The van der Waals surface area contributed by atoms with Gasteiger partial charge in [-0.1, -0.05) is 0 Å². The van der Waals surface area contributed by atoms with Crippen molar-refractivity contribution >= 4 is 17.3 Å². The molecule has 1 aromatic rings. The van der Waals surface area contributed by atoms with E-state index < -0.39 is 16.4 Å². The summed E-state index contributed by atoms with van der Waals surface area (Å²) < 4.78 is 0. The van der Waals surface area contributed by atoms with Crippen LogP contribution < -0.4 is 11.1 Å². The molecule has 0 saturated carbocycles. The van der Waals surface area contributed by atoms with Crippen molar-refractivity contribution in [1.29, 1.82) is 0 Å². The maximum atomic E-state index is 11.6. The fraction of sp³-hybridized carbons (Fsp3) is 0.364. The van der Waals surface area contributed by atoms with Crippen molar-refractivity contribution < 1.29 is 14.8 Å². The molecule has 0 fully saturated rings. The van der Waals surface area contributed by atoms with Crippen LogP contribution in [-0.2, 0) is 4.79 Å². The van der Waals surface area contributed by atoms with E-state index in [1.54, 1.807) is 13.8 Å². The number of hydrogen-bond donors (Lipinski definition) is 3. The number of phenolic OH excluding ortho intramolecular Hbond substituents is 1. The first-order valence-electron chi connectivity index (χ1n) is 5.25. The minimum atomic E-state index is -0.699. The van der Waals surface area contributed by atoms with Gasteiger partial charge in [0.2, 0.25) is 5.91 Å². The Morgan fingerprint density at radius 2 is 2.17 bits per heavy atom. The van der Waals surface area contributed by atoms with Crippen molar-refractivity contribution in [2.24, 2.45) is 5.73 Å². The summed E-state index contributed by atoms with van der Waals surface area (Å²) in [6, 6.07) is 3.51. The number of aromatic hydroxyl groups is 1. The van der Waals surface area contributed by atoms with Gasteiger partial charge in [-0.05, 0) is 26.0 Å². The second kappa shape index (κ2) is 5.01. The largest absolute Gasteiger partial charge is 0.508 e. The molecule has 7 heteroatoms. The molecule has 0 aliphatic carbocycles. The van der Waals surface area contributed by atoms with Crippen molar-refractivity contribution in [3.05, 3.63) is 28.3 Å². The molecule has 18 heavy (non-hydrogen) atoms. The summed E-state index contributed by atoms with van der Waals surface area (Å²) in [5.74, 6) is -0.657. The van der Waals surface area contributed by atoms with Crippen LogP contribution in [0.25, 0.3) is 0 Å². The molecule has 0 spiro atoms. The molecule has 0 aliphatic heterocycles. The minimum absolute atomic E-state index is 0.0328. The highest BCUT2D eigenvalue weighted by Gasteiger charge is 2.20. The predicted octanol–water partition coefficient (Wildman–Crippen LogP) is 1.37. The van der Waals surface area contributed by atoms with E-state index in [2.05, 4.69) is 5.32 Å². The molecule has 0 unspecified atom stereocenters. The standard InChI is InChI=1S/C11H15N3O4/c1-11(2,12)6-10(16)13-8-4-3-7(15)5-9(8)14(17)18/h3-5,15H,6,12H2,1-2H3,(H,13,16). The number of amides is 1. The quantitative estimate of drug-likeness (QED) is 0.425. The number of nitrogens with zero attached hydrogens (tertiary/aromatic N) is 1. The van der Waals surface area contributed by atoms with E-state index in [0.717, 1.165) is 6.07 Å². The highest BCUT2D eigenvalue weighted by atomic mass is 16.6. The summed E-state index contributed by atoms with van der Waals surface area (Å²) in [7, 11) is 0. The Kier molecular flexibility index (Phi) is 3.87. The Morgan fingerprint density at radius 1 is 1.56 bits per heavy atom. The number of carbonyl (C=O) groups excluding carboxylic acids is 1. The fourth-order valence-corrected chi connectivity index (χ4v) is 1.38. The van der Waals surface area contributed by atoms with Crippen molar-refractivity contribution in [2.45, 2.75) is 25.8 Å². The van der Waals surface area contributed by atoms with E-state index in [4.69, 9.17) is 10.8 Å². The van der Waals surface area contributed by atoms with E-state index in [1.165, 1.54) is 12.1 Å². The van der Waals surface area contributed by atoms with Crippen LogP contribution >= 0.6 is 0 Å². The zero-order chi connectivity index (χ0) is 13.9. The third-order valence-electron chi connectivity index (χ3n) is 2.07. The van der Waals surface area contributed by atoms with Gasteiger partial charge in [0.05, 0.1) is 11.0 Å². The number of rotatable bonds is 4. The van der Waals surface area contributed by atoms with Gasteiger partial charge in [0.15, 0.2) is 0 Å². The van der Waals surface area contributed by atoms with Crippen LogP contribution in [-0.4, -0.2) is 21.5 Å². The lowest BCUT2D eigenvalue weighted by molar-refractivity contribution is -0.384. The zero-order valence-electron chi connectivity index (χ0n) is 10.1. The van der Waals surface area contributed by atoms with Crippen LogP contribution in [0.3, 0.4) is 0 Å². The lowest BCUT2D eigenvalue weighted by Gasteiger charge is -2.17. The normalized spacial score (nSPS) is 11.1. The lowest BCUT2D eigenvalue weighted by Crippen LogP contribution is -2.36. The first kappa shape index (κ1) is 13.9. The third kappa shape index (κ3) is 4.02. The van der Waals surface area contributed by atoms with Crippen molar-refractivity contribution in [1.82, 2.24) is 0 Å². The zero-order valence-corrected chi connectivity index (χ0v) is 10.1. The molecule has 1 amide bonds. The van der Waals surface area contributed by atoms with Crippen LogP contribution in [0.4, 0.5) is 11.4 Å². The maximum Gasteiger partial charge on any atom is 0.296 e. The van der Waals surface area contributed by atoms with Gasteiger partial charge in [0.25, 0.3) is 5.69 Å². The van der Waals surface area contributed by atoms with E-state index in [0.29, 0.717) is 0 Å². The Hall–Kier alpha value is -2.15. The molecular formula is C11H15N3O4.